The fourth-order valence-corrected chi connectivity index (χ4v) is 1.27. The number of aromatic carboxylic acids is 1. The quantitative estimate of drug-likeness (QED) is 0.785. The average molecular weight is 237 g/mol. The lowest BCUT2D eigenvalue weighted by molar-refractivity contribution is 0.0695. The molecule has 0 unspecified atom stereocenters. The van der Waals surface area contributed by atoms with Crippen LogP contribution in [0, 0.1) is 0 Å². The summed E-state index contributed by atoms with van der Waals surface area (Å²) in [5.41, 5.74) is 4.27. The second kappa shape index (κ2) is 4.50. The van der Waals surface area contributed by atoms with E-state index in [-0.39, 0.29) is 17.7 Å². The van der Waals surface area contributed by atoms with Crippen LogP contribution in [0.1, 0.15) is 28.0 Å². The molecule has 0 saturated heterocycles. The van der Waals surface area contributed by atoms with E-state index in [0.717, 1.165) is 6.07 Å². The summed E-state index contributed by atoms with van der Waals surface area (Å²) >= 11 is 5.43. The molecule has 1 heterocycles. The molecule has 1 aromatic rings. The Morgan fingerprint density at radius 3 is 2.67 bits per heavy atom. The maximum absolute atomic E-state index is 12.4. The highest BCUT2D eigenvalue weighted by molar-refractivity contribution is 6.32. The molecule has 0 bridgehead atoms. The van der Waals surface area contributed by atoms with Gasteiger partial charge in [-0.15, -0.1) is 0 Å². The minimum Gasteiger partial charge on any atom is -0.478 e. The van der Waals surface area contributed by atoms with E-state index in [0.29, 0.717) is 0 Å². The van der Waals surface area contributed by atoms with E-state index in [9.17, 15) is 13.6 Å². The highest BCUT2D eigenvalue weighted by Crippen LogP contribution is 2.25. The Balaban J connectivity index is 3.35. The van der Waals surface area contributed by atoms with Gasteiger partial charge in [-0.05, 0) is 11.6 Å². The van der Waals surface area contributed by atoms with Crippen LogP contribution >= 0.6 is 11.6 Å². The number of hydrogen-bond donors (Lipinski definition) is 2. The smallest absolute Gasteiger partial charge is 0.338 e. The largest absolute Gasteiger partial charge is 0.478 e. The van der Waals surface area contributed by atoms with Crippen molar-refractivity contribution < 1.29 is 18.7 Å². The molecule has 0 aliphatic rings. The summed E-state index contributed by atoms with van der Waals surface area (Å²) < 4.78 is 24.8. The van der Waals surface area contributed by atoms with Gasteiger partial charge in [0.2, 0.25) is 0 Å². The molecule has 0 amide bonds. The van der Waals surface area contributed by atoms with Crippen molar-refractivity contribution in [2.24, 2.45) is 5.73 Å². The highest BCUT2D eigenvalue weighted by atomic mass is 35.5. The number of rotatable bonds is 3. The minimum absolute atomic E-state index is 0.0215. The Hall–Kier alpha value is -1.27. The summed E-state index contributed by atoms with van der Waals surface area (Å²) in [6.07, 6.45) is -2.83. The molecule has 1 rings (SSSR count). The van der Waals surface area contributed by atoms with E-state index in [2.05, 4.69) is 4.98 Å². The Bertz CT molecular complexity index is 398. The van der Waals surface area contributed by atoms with Crippen molar-refractivity contribution >= 4 is 17.6 Å². The SMILES string of the molecule is NCc1cc(C(=O)O)c(Cl)nc1C(F)F. The van der Waals surface area contributed by atoms with Crippen LogP contribution in [-0.4, -0.2) is 16.1 Å². The van der Waals surface area contributed by atoms with Gasteiger partial charge in [-0.2, -0.15) is 0 Å². The Kier molecular flexibility index (Phi) is 3.54. The summed E-state index contributed by atoms with van der Waals surface area (Å²) in [5, 5.41) is 8.20. The van der Waals surface area contributed by atoms with Gasteiger partial charge in [0.25, 0.3) is 6.43 Å². The number of aromatic nitrogens is 1. The van der Waals surface area contributed by atoms with Crippen LogP contribution in [0.2, 0.25) is 5.15 Å². The maximum Gasteiger partial charge on any atom is 0.338 e. The molecule has 0 saturated carbocycles. The molecule has 15 heavy (non-hydrogen) atoms. The second-order valence-corrected chi connectivity index (χ2v) is 3.04. The first kappa shape index (κ1) is 11.8. The summed E-state index contributed by atoms with van der Waals surface area (Å²) in [6.45, 7) is -0.218. The van der Waals surface area contributed by atoms with Crippen LogP contribution in [0.5, 0.6) is 0 Å². The summed E-state index contributed by atoms with van der Waals surface area (Å²) in [7, 11) is 0. The third-order valence-corrected chi connectivity index (χ3v) is 2.03. The molecule has 0 spiro atoms. The van der Waals surface area contributed by atoms with E-state index in [1.807, 2.05) is 0 Å². The van der Waals surface area contributed by atoms with Gasteiger partial charge in [0, 0.05) is 6.54 Å². The molecule has 0 aromatic carbocycles. The van der Waals surface area contributed by atoms with Crippen LogP contribution in [0.4, 0.5) is 8.78 Å². The Morgan fingerprint density at radius 2 is 2.27 bits per heavy atom. The van der Waals surface area contributed by atoms with E-state index in [4.69, 9.17) is 22.4 Å². The molecule has 0 atom stereocenters. The number of nitrogens with two attached hydrogens (primary N) is 1. The number of alkyl halides is 2. The number of pyridine rings is 1. The van der Waals surface area contributed by atoms with Gasteiger partial charge < -0.3 is 10.8 Å². The lowest BCUT2D eigenvalue weighted by Gasteiger charge is -2.08. The summed E-state index contributed by atoms with van der Waals surface area (Å²) in [5.74, 6) is -1.33. The van der Waals surface area contributed by atoms with Crippen LogP contribution in [-0.2, 0) is 6.54 Å². The standard InChI is InChI=1S/C8H7ClF2N2O2/c9-6-4(8(14)15)1-3(2-12)5(13-6)7(10)11/h1,7H,2,12H2,(H,14,15). The van der Waals surface area contributed by atoms with E-state index < -0.39 is 23.2 Å². The Labute approximate surface area is 88.7 Å². The second-order valence-electron chi connectivity index (χ2n) is 2.68. The average Bonchev–Trinajstić information content (AvgIpc) is 2.16. The fraction of sp³-hybridized carbons (Fsp3) is 0.250. The molecule has 7 heteroatoms. The third-order valence-electron chi connectivity index (χ3n) is 1.75. The first-order valence-electron chi connectivity index (χ1n) is 3.88. The van der Waals surface area contributed by atoms with E-state index in [1.54, 1.807) is 0 Å². The third kappa shape index (κ3) is 2.40. The normalized spacial score (nSPS) is 10.7. The molecule has 82 valence electrons. The molecule has 3 N–H and O–H groups in total. The van der Waals surface area contributed by atoms with Crippen molar-refractivity contribution in [3.63, 3.8) is 0 Å². The van der Waals surface area contributed by atoms with Gasteiger partial charge >= 0.3 is 5.97 Å². The zero-order valence-electron chi connectivity index (χ0n) is 7.38. The van der Waals surface area contributed by atoms with Gasteiger partial charge in [-0.1, -0.05) is 11.6 Å². The van der Waals surface area contributed by atoms with Crippen LogP contribution < -0.4 is 5.73 Å². The zero-order valence-corrected chi connectivity index (χ0v) is 8.13. The maximum atomic E-state index is 12.4. The minimum atomic E-state index is -2.83. The van der Waals surface area contributed by atoms with E-state index >= 15 is 0 Å². The van der Waals surface area contributed by atoms with Crippen molar-refractivity contribution in [3.05, 3.63) is 28.0 Å². The van der Waals surface area contributed by atoms with Crippen molar-refractivity contribution in [2.45, 2.75) is 13.0 Å². The molecule has 0 fully saturated rings. The Morgan fingerprint density at radius 1 is 1.67 bits per heavy atom. The molecule has 1 aromatic heterocycles. The predicted octanol–water partition coefficient (Wildman–Crippen LogP) is 1.83. The van der Waals surface area contributed by atoms with Gasteiger partial charge in [0.15, 0.2) is 0 Å². The van der Waals surface area contributed by atoms with Gasteiger partial charge in [-0.3, -0.25) is 0 Å². The van der Waals surface area contributed by atoms with Gasteiger partial charge in [0.1, 0.15) is 10.8 Å². The number of nitrogens with zero attached hydrogens (tertiary/aromatic N) is 1. The van der Waals surface area contributed by atoms with Crippen LogP contribution in [0.25, 0.3) is 0 Å². The molecule has 4 nitrogen and oxygen atoms in total. The first-order valence-corrected chi connectivity index (χ1v) is 4.26. The molecule has 0 aliphatic heterocycles. The van der Waals surface area contributed by atoms with Gasteiger partial charge in [0.05, 0.1) is 5.56 Å². The number of hydrogen-bond acceptors (Lipinski definition) is 3. The van der Waals surface area contributed by atoms with E-state index in [1.165, 1.54) is 0 Å². The van der Waals surface area contributed by atoms with Crippen LogP contribution in [0.15, 0.2) is 6.07 Å². The van der Waals surface area contributed by atoms with Gasteiger partial charge in [-0.25, -0.2) is 18.6 Å². The predicted molar refractivity (Wildman–Crippen MR) is 49.1 cm³/mol. The topological polar surface area (TPSA) is 76.2 Å². The van der Waals surface area contributed by atoms with Crippen molar-refractivity contribution in [3.8, 4) is 0 Å². The van der Waals surface area contributed by atoms with Crippen LogP contribution in [0.3, 0.4) is 0 Å². The number of carboxylic acid groups (broad SMARTS) is 1. The molecular weight excluding hydrogens is 230 g/mol. The van der Waals surface area contributed by atoms with Crippen molar-refractivity contribution in [1.82, 2.24) is 4.98 Å². The van der Waals surface area contributed by atoms with Crippen molar-refractivity contribution in [1.29, 1.82) is 0 Å². The fourth-order valence-electron chi connectivity index (χ4n) is 1.05. The molecule has 0 radical (unpaired) electrons. The summed E-state index contributed by atoms with van der Waals surface area (Å²) in [4.78, 5) is 13.9. The number of halogens is 3. The lowest BCUT2D eigenvalue weighted by atomic mass is 10.1. The number of carboxylic acids is 1. The molecular formula is C8H7ClF2N2O2. The first-order chi connectivity index (χ1) is 6.97. The highest BCUT2D eigenvalue weighted by Gasteiger charge is 2.19. The molecule has 0 aliphatic carbocycles. The number of carbonyl (C=O) groups is 1. The zero-order chi connectivity index (χ0) is 11.6. The lowest BCUT2D eigenvalue weighted by Crippen LogP contribution is -2.09. The van der Waals surface area contributed by atoms with Crippen molar-refractivity contribution in [2.75, 3.05) is 0 Å². The monoisotopic (exact) mass is 236 g/mol. The summed E-state index contributed by atoms with van der Waals surface area (Å²) in [6, 6.07) is 1.01.